The molecule has 29 heavy (non-hydrogen) atoms. The Labute approximate surface area is 185 Å². The number of carbonyl (C=O) groups excluding carboxylic acids is 2. The average molecular weight is 518 g/mol. The van der Waals surface area contributed by atoms with E-state index in [9.17, 15) is 9.59 Å². The van der Waals surface area contributed by atoms with Gasteiger partial charge in [0.1, 0.15) is 5.75 Å². The molecule has 5 nitrogen and oxygen atoms in total. The molecule has 0 atom stereocenters. The van der Waals surface area contributed by atoms with Gasteiger partial charge in [0.05, 0.1) is 4.47 Å². The third-order valence-corrected chi connectivity index (χ3v) is 5.15. The van der Waals surface area contributed by atoms with Crippen molar-refractivity contribution in [3.05, 3.63) is 80.7 Å². The lowest BCUT2D eigenvalue weighted by Crippen LogP contribution is -2.43. The molecule has 2 N–H and O–H groups in total. The zero-order valence-corrected chi connectivity index (χ0v) is 18.7. The maximum absolute atomic E-state index is 12.0. The summed E-state index contributed by atoms with van der Waals surface area (Å²) in [6.45, 7) is 1.65. The van der Waals surface area contributed by atoms with Crippen LogP contribution in [0.3, 0.4) is 0 Å². The number of hydrogen-bond donors (Lipinski definition) is 2. The molecule has 0 aliphatic heterocycles. The number of hydrogen-bond acceptors (Lipinski definition) is 3. The first-order chi connectivity index (χ1) is 13.9. The molecule has 148 valence electrons. The third-order valence-electron chi connectivity index (χ3n) is 4.10. The van der Waals surface area contributed by atoms with Crippen molar-refractivity contribution >= 4 is 60.5 Å². The molecule has 0 spiro atoms. The summed E-state index contributed by atoms with van der Waals surface area (Å²) in [7, 11) is 0. The van der Waals surface area contributed by atoms with Crippen LogP contribution in [0.25, 0.3) is 16.8 Å². The van der Waals surface area contributed by atoms with Crippen LogP contribution in [0, 0.1) is 6.92 Å². The van der Waals surface area contributed by atoms with Gasteiger partial charge >= 0.3 is 0 Å². The number of ether oxygens (including phenoxy) is 1. The first kappa shape index (κ1) is 21.1. The lowest BCUT2D eigenvalue weighted by atomic mass is 10.0. The van der Waals surface area contributed by atoms with Gasteiger partial charge in [-0.2, -0.15) is 0 Å². The Morgan fingerprint density at radius 1 is 1.03 bits per heavy atom. The van der Waals surface area contributed by atoms with Gasteiger partial charge in [-0.15, -0.1) is 0 Å². The van der Waals surface area contributed by atoms with E-state index < -0.39 is 11.8 Å². The zero-order valence-electron chi connectivity index (χ0n) is 15.5. The maximum atomic E-state index is 12.0. The van der Waals surface area contributed by atoms with E-state index in [2.05, 4.69) is 42.7 Å². The third kappa shape index (κ3) is 5.68. The number of aryl methyl sites for hydroxylation is 1. The smallest absolute Gasteiger partial charge is 0.276 e. The molecular formula is C22H18Br2N2O3. The summed E-state index contributed by atoms with van der Waals surface area (Å²) in [4.78, 5) is 24.0. The van der Waals surface area contributed by atoms with Crippen molar-refractivity contribution in [2.45, 2.75) is 6.92 Å². The van der Waals surface area contributed by atoms with Crippen LogP contribution >= 0.6 is 31.9 Å². The predicted molar refractivity (Wildman–Crippen MR) is 121 cm³/mol. The number of fused-ring (bicyclic) bond motifs is 1. The summed E-state index contributed by atoms with van der Waals surface area (Å²) < 4.78 is 7.19. The van der Waals surface area contributed by atoms with Gasteiger partial charge in [0.25, 0.3) is 11.8 Å². The van der Waals surface area contributed by atoms with Crippen LogP contribution in [0.5, 0.6) is 5.75 Å². The van der Waals surface area contributed by atoms with Crippen LogP contribution in [0.15, 0.2) is 69.6 Å². The second kappa shape index (κ2) is 9.71. The summed E-state index contributed by atoms with van der Waals surface area (Å²) in [5, 5.41) is 2.14. The highest BCUT2D eigenvalue weighted by Gasteiger charge is 2.10. The molecule has 0 heterocycles. The normalized spacial score (nSPS) is 10.9. The van der Waals surface area contributed by atoms with Crippen LogP contribution in [0.2, 0.25) is 0 Å². The molecule has 0 radical (unpaired) electrons. The van der Waals surface area contributed by atoms with Crippen LogP contribution in [-0.2, 0) is 9.59 Å². The lowest BCUT2D eigenvalue weighted by molar-refractivity contribution is -0.128. The van der Waals surface area contributed by atoms with Crippen molar-refractivity contribution in [2.75, 3.05) is 6.61 Å². The highest BCUT2D eigenvalue weighted by Crippen LogP contribution is 2.32. The number of amides is 2. The summed E-state index contributed by atoms with van der Waals surface area (Å²) in [5.74, 6) is -0.330. The fourth-order valence-electron chi connectivity index (χ4n) is 2.78. The van der Waals surface area contributed by atoms with Gasteiger partial charge in [0.15, 0.2) is 6.61 Å². The molecule has 0 saturated carbocycles. The minimum Gasteiger partial charge on any atom is -0.482 e. The first-order valence-electron chi connectivity index (χ1n) is 8.77. The van der Waals surface area contributed by atoms with Crippen molar-refractivity contribution in [2.24, 2.45) is 0 Å². The van der Waals surface area contributed by atoms with E-state index in [1.807, 2.05) is 61.5 Å². The highest BCUT2D eigenvalue weighted by atomic mass is 79.9. The van der Waals surface area contributed by atoms with Crippen LogP contribution in [0.1, 0.15) is 11.1 Å². The number of carbonyl (C=O) groups is 2. The van der Waals surface area contributed by atoms with Crippen LogP contribution in [-0.4, -0.2) is 18.4 Å². The van der Waals surface area contributed by atoms with Crippen molar-refractivity contribution in [3.63, 3.8) is 0 Å². The Morgan fingerprint density at radius 2 is 1.79 bits per heavy atom. The minimum atomic E-state index is -0.467. The van der Waals surface area contributed by atoms with Gasteiger partial charge in [-0.1, -0.05) is 58.4 Å². The van der Waals surface area contributed by atoms with E-state index in [1.165, 1.54) is 6.08 Å². The number of hydrazine groups is 1. The Kier molecular flexibility index (Phi) is 7.06. The molecule has 0 aliphatic rings. The van der Waals surface area contributed by atoms with E-state index in [1.54, 1.807) is 6.08 Å². The Bertz CT molecular complexity index is 1070. The maximum Gasteiger partial charge on any atom is 0.276 e. The van der Waals surface area contributed by atoms with Crippen LogP contribution < -0.4 is 15.6 Å². The minimum absolute atomic E-state index is 0.228. The molecule has 7 heteroatoms. The lowest BCUT2D eigenvalue weighted by Gasteiger charge is -2.12. The van der Waals surface area contributed by atoms with E-state index in [0.29, 0.717) is 5.75 Å². The molecule has 3 aromatic rings. The van der Waals surface area contributed by atoms with Gasteiger partial charge in [0.2, 0.25) is 0 Å². The quantitative estimate of drug-likeness (QED) is 0.373. The van der Waals surface area contributed by atoms with Gasteiger partial charge < -0.3 is 4.74 Å². The molecular weight excluding hydrogens is 500 g/mol. The molecule has 3 rings (SSSR count). The molecule has 0 unspecified atom stereocenters. The molecule has 0 fully saturated rings. The van der Waals surface area contributed by atoms with E-state index in [4.69, 9.17) is 4.74 Å². The summed E-state index contributed by atoms with van der Waals surface area (Å²) in [5.41, 5.74) is 6.48. The summed E-state index contributed by atoms with van der Waals surface area (Å²) in [6.07, 6.45) is 3.08. The molecule has 0 aliphatic carbocycles. The SMILES string of the molecule is Cc1cc(Br)cc(Br)c1OCC(=O)NNC(=O)C=Cc1cccc2ccccc12. The van der Waals surface area contributed by atoms with E-state index >= 15 is 0 Å². The average Bonchev–Trinajstić information content (AvgIpc) is 2.69. The predicted octanol–water partition coefficient (Wildman–Crippen LogP) is 4.91. The highest BCUT2D eigenvalue weighted by molar-refractivity contribution is 9.11. The molecule has 0 aromatic heterocycles. The Morgan fingerprint density at radius 3 is 2.59 bits per heavy atom. The first-order valence-corrected chi connectivity index (χ1v) is 10.4. The Balaban J connectivity index is 1.53. The second-order valence-corrected chi connectivity index (χ2v) is 8.03. The zero-order chi connectivity index (χ0) is 20.8. The number of benzene rings is 3. The topological polar surface area (TPSA) is 67.4 Å². The largest absolute Gasteiger partial charge is 0.482 e. The Hall–Kier alpha value is -2.64. The number of nitrogens with one attached hydrogen (secondary N) is 2. The van der Waals surface area contributed by atoms with Crippen LogP contribution in [0.4, 0.5) is 0 Å². The van der Waals surface area contributed by atoms with Gasteiger partial charge in [-0.3, -0.25) is 20.4 Å². The molecule has 0 saturated heterocycles. The summed E-state index contributed by atoms with van der Waals surface area (Å²) in [6, 6.07) is 17.5. The summed E-state index contributed by atoms with van der Waals surface area (Å²) >= 11 is 6.80. The van der Waals surface area contributed by atoms with E-state index in [-0.39, 0.29) is 6.61 Å². The van der Waals surface area contributed by atoms with Gasteiger partial charge in [0, 0.05) is 10.5 Å². The molecule has 3 aromatic carbocycles. The van der Waals surface area contributed by atoms with Gasteiger partial charge in [-0.25, -0.2) is 0 Å². The monoisotopic (exact) mass is 516 g/mol. The van der Waals surface area contributed by atoms with Crippen molar-refractivity contribution in [1.82, 2.24) is 10.9 Å². The van der Waals surface area contributed by atoms with Gasteiger partial charge in [-0.05, 0) is 63.0 Å². The molecule has 2 amide bonds. The van der Waals surface area contributed by atoms with E-state index in [0.717, 1.165) is 30.8 Å². The van der Waals surface area contributed by atoms with Crippen molar-refractivity contribution < 1.29 is 14.3 Å². The second-order valence-electron chi connectivity index (χ2n) is 6.26. The number of halogens is 2. The van der Waals surface area contributed by atoms with Crippen molar-refractivity contribution in [3.8, 4) is 5.75 Å². The fraction of sp³-hybridized carbons (Fsp3) is 0.0909. The van der Waals surface area contributed by atoms with Crippen molar-refractivity contribution in [1.29, 1.82) is 0 Å². The fourth-order valence-corrected chi connectivity index (χ4v) is 4.33. The molecule has 0 bridgehead atoms. The standard InChI is InChI=1S/C22H18Br2N2O3/c1-14-11-17(23)12-19(24)22(14)29-13-21(28)26-25-20(27)10-9-16-7-4-6-15-5-2-3-8-18(15)16/h2-12H,13H2,1H3,(H,25,27)(H,26,28). The number of rotatable bonds is 5.